The second-order valence-electron chi connectivity index (χ2n) is 4.81. The van der Waals surface area contributed by atoms with Crippen LogP contribution in [0, 0.1) is 5.92 Å². The molecular weight excluding hydrogens is 220 g/mol. The number of hydrogen-bond acceptors (Lipinski definition) is 3. The summed E-state index contributed by atoms with van der Waals surface area (Å²) in [6.07, 6.45) is 0.573. The topological polar surface area (TPSA) is 83.6 Å². The van der Waals surface area contributed by atoms with Gasteiger partial charge in [-0.05, 0) is 26.2 Å². The van der Waals surface area contributed by atoms with E-state index in [9.17, 15) is 9.59 Å². The number of rotatable bonds is 7. The molecule has 2 atom stereocenters. The highest BCUT2D eigenvalue weighted by atomic mass is 16.4. The first-order chi connectivity index (χ1) is 7.79. The average Bonchev–Trinajstić information content (AvgIpc) is 2.16. The van der Waals surface area contributed by atoms with Gasteiger partial charge in [0, 0.05) is 12.6 Å². The van der Waals surface area contributed by atoms with Gasteiger partial charge < -0.3 is 15.7 Å². The van der Waals surface area contributed by atoms with Gasteiger partial charge in [0.1, 0.15) is 0 Å². The molecule has 0 aromatic rings. The largest absolute Gasteiger partial charge is 0.481 e. The van der Waals surface area contributed by atoms with Crippen LogP contribution in [0.15, 0.2) is 0 Å². The van der Waals surface area contributed by atoms with E-state index in [0.717, 1.165) is 0 Å². The Morgan fingerprint density at radius 1 is 1.29 bits per heavy atom. The van der Waals surface area contributed by atoms with E-state index < -0.39 is 12.0 Å². The Labute approximate surface area is 103 Å². The van der Waals surface area contributed by atoms with Crippen molar-refractivity contribution in [1.29, 1.82) is 0 Å². The summed E-state index contributed by atoms with van der Waals surface area (Å²) in [5, 5.41) is 8.72. The van der Waals surface area contributed by atoms with Gasteiger partial charge in [-0.25, -0.2) is 0 Å². The Bertz CT molecular complexity index is 266. The molecule has 5 nitrogen and oxygen atoms in total. The standard InChI is InChI=1S/C12H24N2O3/c1-5-14(9(4)7-11(15)16)12(17)10(13)6-8(2)3/h8-10H,5-7,13H2,1-4H3,(H,15,16). The lowest BCUT2D eigenvalue weighted by Crippen LogP contribution is -2.48. The van der Waals surface area contributed by atoms with E-state index in [1.165, 1.54) is 0 Å². The zero-order chi connectivity index (χ0) is 13.6. The van der Waals surface area contributed by atoms with Gasteiger partial charge in [0.15, 0.2) is 0 Å². The first-order valence-corrected chi connectivity index (χ1v) is 6.07. The first-order valence-electron chi connectivity index (χ1n) is 6.07. The fourth-order valence-corrected chi connectivity index (χ4v) is 1.87. The summed E-state index contributed by atoms with van der Waals surface area (Å²) >= 11 is 0. The van der Waals surface area contributed by atoms with Gasteiger partial charge in [0.25, 0.3) is 0 Å². The fraction of sp³-hybridized carbons (Fsp3) is 0.833. The maximum atomic E-state index is 12.0. The van der Waals surface area contributed by atoms with Gasteiger partial charge >= 0.3 is 5.97 Å². The van der Waals surface area contributed by atoms with Crippen LogP contribution in [0.2, 0.25) is 0 Å². The molecule has 0 aliphatic carbocycles. The van der Waals surface area contributed by atoms with Crippen molar-refractivity contribution in [3.63, 3.8) is 0 Å². The molecule has 0 aliphatic rings. The van der Waals surface area contributed by atoms with E-state index in [-0.39, 0.29) is 18.4 Å². The highest BCUT2D eigenvalue weighted by Gasteiger charge is 2.25. The lowest BCUT2D eigenvalue weighted by Gasteiger charge is -2.30. The number of hydrogen-bond donors (Lipinski definition) is 2. The first kappa shape index (κ1) is 15.9. The molecule has 1 amide bonds. The molecule has 0 aromatic carbocycles. The SMILES string of the molecule is CCN(C(=O)C(N)CC(C)C)C(C)CC(=O)O. The zero-order valence-electron chi connectivity index (χ0n) is 11.1. The summed E-state index contributed by atoms with van der Waals surface area (Å²) in [7, 11) is 0. The van der Waals surface area contributed by atoms with Gasteiger partial charge in [-0.3, -0.25) is 9.59 Å². The van der Waals surface area contributed by atoms with Crippen molar-refractivity contribution >= 4 is 11.9 Å². The molecule has 0 saturated carbocycles. The molecule has 17 heavy (non-hydrogen) atoms. The molecule has 0 fully saturated rings. The van der Waals surface area contributed by atoms with Crippen molar-refractivity contribution in [2.75, 3.05) is 6.54 Å². The van der Waals surface area contributed by atoms with Crippen molar-refractivity contribution in [3.05, 3.63) is 0 Å². The van der Waals surface area contributed by atoms with Crippen molar-refractivity contribution in [2.24, 2.45) is 11.7 Å². The van der Waals surface area contributed by atoms with Crippen LogP contribution in [0.25, 0.3) is 0 Å². The lowest BCUT2D eigenvalue weighted by molar-refractivity contribution is -0.141. The Morgan fingerprint density at radius 3 is 2.18 bits per heavy atom. The second-order valence-corrected chi connectivity index (χ2v) is 4.81. The molecule has 2 unspecified atom stereocenters. The van der Waals surface area contributed by atoms with E-state index in [1.807, 2.05) is 20.8 Å². The van der Waals surface area contributed by atoms with Crippen LogP contribution in [0.5, 0.6) is 0 Å². The molecular formula is C12H24N2O3. The van der Waals surface area contributed by atoms with Crippen molar-refractivity contribution in [2.45, 2.75) is 52.6 Å². The lowest BCUT2D eigenvalue weighted by atomic mass is 10.0. The van der Waals surface area contributed by atoms with Gasteiger partial charge in [0.2, 0.25) is 5.91 Å². The van der Waals surface area contributed by atoms with Crippen LogP contribution in [-0.2, 0) is 9.59 Å². The molecule has 0 bridgehead atoms. The Kier molecular flexibility index (Phi) is 6.80. The molecule has 100 valence electrons. The third-order valence-electron chi connectivity index (χ3n) is 2.67. The number of carboxylic acids is 1. The molecule has 0 radical (unpaired) electrons. The maximum Gasteiger partial charge on any atom is 0.305 e. The normalized spacial score (nSPS) is 14.5. The highest BCUT2D eigenvalue weighted by molar-refractivity contribution is 5.82. The summed E-state index contributed by atoms with van der Waals surface area (Å²) in [5.74, 6) is -0.710. The van der Waals surface area contributed by atoms with Gasteiger partial charge in [-0.2, -0.15) is 0 Å². The van der Waals surface area contributed by atoms with Crippen LogP contribution in [-0.4, -0.2) is 40.5 Å². The molecule has 0 spiro atoms. The zero-order valence-corrected chi connectivity index (χ0v) is 11.1. The smallest absolute Gasteiger partial charge is 0.305 e. The molecule has 0 aromatic heterocycles. The van der Waals surface area contributed by atoms with Gasteiger partial charge in [-0.15, -0.1) is 0 Å². The quantitative estimate of drug-likeness (QED) is 0.701. The number of aliphatic carboxylic acids is 1. The average molecular weight is 244 g/mol. The molecule has 5 heteroatoms. The third-order valence-corrected chi connectivity index (χ3v) is 2.67. The van der Waals surface area contributed by atoms with E-state index in [0.29, 0.717) is 18.9 Å². The minimum atomic E-state index is -0.902. The summed E-state index contributed by atoms with van der Waals surface area (Å²) < 4.78 is 0. The van der Waals surface area contributed by atoms with E-state index in [2.05, 4.69) is 0 Å². The predicted molar refractivity (Wildman–Crippen MR) is 66.5 cm³/mol. The number of nitrogens with two attached hydrogens (primary N) is 1. The van der Waals surface area contributed by atoms with Crippen molar-refractivity contribution in [3.8, 4) is 0 Å². The third kappa shape index (κ3) is 5.68. The van der Waals surface area contributed by atoms with Crippen LogP contribution >= 0.6 is 0 Å². The van der Waals surface area contributed by atoms with Crippen LogP contribution < -0.4 is 5.73 Å². The Balaban J connectivity index is 4.53. The van der Waals surface area contributed by atoms with Crippen LogP contribution in [0.1, 0.15) is 40.5 Å². The van der Waals surface area contributed by atoms with E-state index >= 15 is 0 Å². The van der Waals surface area contributed by atoms with E-state index in [1.54, 1.807) is 11.8 Å². The summed E-state index contributed by atoms with van der Waals surface area (Å²) in [4.78, 5) is 24.2. The van der Waals surface area contributed by atoms with Crippen LogP contribution in [0.4, 0.5) is 0 Å². The van der Waals surface area contributed by atoms with Gasteiger partial charge in [-0.1, -0.05) is 13.8 Å². The monoisotopic (exact) mass is 244 g/mol. The number of carboxylic acid groups (broad SMARTS) is 1. The number of carbonyl (C=O) groups excluding carboxylic acids is 1. The van der Waals surface area contributed by atoms with Crippen molar-refractivity contribution < 1.29 is 14.7 Å². The summed E-state index contributed by atoms with van der Waals surface area (Å²) in [6.45, 7) is 8.06. The fourth-order valence-electron chi connectivity index (χ4n) is 1.87. The summed E-state index contributed by atoms with van der Waals surface area (Å²) in [5.41, 5.74) is 5.82. The molecule has 3 N–H and O–H groups in total. The molecule has 0 rings (SSSR count). The van der Waals surface area contributed by atoms with Crippen molar-refractivity contribution in [1.82, 2.24) is 4.90 Å². The number of likely N-dealkylation sites (N-methyl/N-ethyl adjacent to an activating group) is 1. The summed E-state index contributed by atoms with van der Waals surface area (Å²) in [6, 6.07) is -0.852. The maximum absolute atomic E-state index is 12.0. The highest BCUT2D eigenvalue weighted by Crippen LogP contribution is 2.10. The predicted octanol–water partition coefficient (Wildman–Crippen LogP) is 1.07. The number of carbonyl (C=O) groups is 2. The van der Waals surface area contributed by atoms with E-state index in [4.69, 9.17) is 10.8 Å². The Hall–Kier alpha value is -1.10. The minimum Gasteiger partial charge on any atom is -0.481 e. The molecule has 0 aliphatic heterocycles. The van der Waals surface area contributed by atoms with Crippen LogP contribution in [0.3, 0.4) is 0 Å². The Morgan fingerprint density at radius 2 is 1.82 bits per heavy atom. The molecule has 0 heterocycles. The minimum absolute atomic E-state index is 0.0476. The molecule has 0 saturated heterocycles. The number of amides is 1. The van der Waals surface area contributed by atoms with Gasteiger partial charge in [0.05, 0.1) is 12.5 Å². The number of nitrogens with zero attached hydrogens (tertiary/aromatic N) is 1. The second kappa shape index (κ2) is 7.27.